The van der Waals surface area contributed by atoms with Crippen LogP contribution in [0, 0.1) is 6.92 Å². The van der Waals surface area contributed by atoms with Gasteiger partial charge in [0.1, 0.15) is 16.2 Å². The molecule has 2 aromatic heterocycles. The summed E-state index contributed by atoms with van der Waals surface area (Å²) in [5.41, 5.74) is 0.917. The summed E-state index contributed by atoms with van der Waals surface area (Å²) in [6.45, 7) is 4.99. The van der Waals surface area contributed by atoms with Gasteiger partial charge in [-0.2, -0.15) is 0 Å². The first kappa shape index (κ1) is 19.1. The van der Waals surface area contributed by atoms with Crippen LogP contribution in [0.2, 0.25) is 0 Å². The second-order valence-electron chi connectivity index (χ2n) is 7.51. The lowest BCUT2D eigenvalue weighted by molar-refractivity contribution is -0.145. The van der Waals surface area contributed by atoms with Gasteiger partial charge in [-0.25, -0.2) is 9.78 Å². The standard InChI is InChI=1S/C23H20N2O3S/c1-14-8-7-11-16(12-14)19-24-20-17(21(26)25(19)23(2,3)22(27)28)13-18(29-20)15-9-5-4-6-10-15/h4-13H,1-3H3,(H,27,28). The molecule has 6 heteroatoms. The Kier molecular flexibility index (Phi) is 4.59. The van der Waals surface area contributed by atoms with Crippen LogP contribution in [0.15, 0.2) is 65.5 Å². The molecule has 5 nitrogen and oxygen atoms in total. The van der Waals surface area contributed by atoms with E-state index in [1.807, 2.05) is 61.5 Å². The lowest BCUT2D eigenvalue weighted by Gasteiger charge is -2.25. The Morgan fingerprint density at radius 2 is 1.72 bits per heavy atom. The fourth-order valence-corrected chi connectivity index (χ4v) is 4.34. The molecule has 0 atom stereocenters. The molecular formula is C23H20N2O3S. The summed E-state index contributed by atoms with van der Waals surface area (Å²) in [5.74, 6) is -0.728. The Bertz CT molecular complexity index is 1290. The van der Waals surface area contributed by atoms with Gasteiger partial charge in [-0.1, -0.05) is 54.1 Å². The molecule has 0 saturated heterocycles. The van der Waals surface area contributed by atoms with Crippen LogP contribution in [0.1, 0.15) is 19.4 Å². The number of carboxylic acid groups (broad SMARTS) is 1. The Morgan fingerprint density at radius 1 is 1.03 bits per heavy atom. The van der Waals surface area contributed by atoms with Gasteiger partial charge in [0.25, 0.3) is 5.56 Å². The monoisotopic (exact) mass is 404 g/mol. The lowest BCUT2D eigenvalue weighted by Crippen LogP contribution is -2.43. The second-order valence-corrected chi connectivity index (χ2v) is 8.54. The highest BCUT2D eigenvalue weighted by molar-refractivity contribution is 7.21. The molecule has 0 fully saturated rings. The number of aromatic nitrogens is 2. The second kappa shape index (κ2) is 6.97. The zero-order valence-corrected chi connectivity index (χ0v) is 17.2. The average Bonchev–Trinajstić information content (AvgIpc) is 3.13. The summed E-state index contributed by atoms with van der Waals surface area (Å²) in [5, 5.41) is 10.2. The quantitative estimate of drug-likeness (QED) is 0.524. The van der Waals surface area contributed by atoms with Crippen molar-refractivity contribution in [3.8, 4) is 21.8 Å². The van der Waals surface area contributed by atoms with Crippen LogP contribution in [-0.4, -0.2) is 20.6 Å². The third-order valence-electron chi connectivity index (χ3n) is 4.98. The van der Waals surface area contributed by atoms with Crippen LogP contribution in [-0.2, 0) is 10.3 Å². The molecule has 0 aliphatic carbocycles. The van der Waals surface area contributed by atoms with Crippen LogP contribution in [0.5, 0.6) is 0 Å². The maximum absolute atomic E-state index is 13.5. The highest BCUT2D eigenvalue weighted by atomic mass is 32.1. The number of carbonyl (C=O) groups is 1. The predicted molar refractivity (Wildman–Crippen MR) is 116 cm³/mol. The molecule has 1 N–H and O–H groups in total. The molecule has 0 aliphatic heterocycles. The van der Waals surface area contributed by atoms with Crippen LogP contribution in [0.25, 0.3) is 32.0 Å². The number of fused-ring (bicyclic) bond motifs is 1. The van der Waals surface area contributed by atoms with Gasteiger partial charge in [-0.3, -0.25) is 9.36 Å². The SMILES string of the molecule is Cc1cccc(-c2nc3sc(-c4ccccc4)cc3c(=O)n2C(C)(C)C(=O)O)c1. The maximum atomic E-state index is 13.5. The lowest BCUT2D eigenvalue weighted by atomic mass is 10.0. The van der Waals surface area contributed by atoms with E-state index in [0.29, 0.717) is 21.6 Å². The zero-order chi connectivity index (χ0) is 20.8. The molecule has 29 heavy (non-hydrogen) atoms. The maximum Gasteiger partial charge on any atom is 0.329 e. The highest BCUT2D eigenvalue weighted by Gasteiger charge is 2.34. The van der Waals surface area contributed by atoms with Crippen LogP contribution in [0.4, 0.5) is 0 Å². The third-order valence-corrected chi connectivity index (χ3v) is 6.06. The van der Waals surface area contributed by atoms with Crippen molar-refractivity contribution in [2.75, 3.05) is 0 Å². The Morgan fingerprint density at radius 3 is 2.38 bits per heavy atom. The van der Waals surface area contributed by atoms with E-state index in [2.05, 4.69) is 0 Å². The van der Waals surface area contributed by atoms with Gasteiger partial charge in [0, 0.05) is 10.4 Å². The zero-order valence-electron chi connectivity index (χ0n) is 16.3. The highest BCUT2D eigenvalue weighted by Crippen LogP contribution is 2.33. The molecule has 0 bridgehead atoms. The molecule has 146 valence electrons. The van der Waals surface area contributed by atoms with Crippen LogP contribution < -0.4 is 5.56 Å². The van der Waals surface area contributed by atoms with E-state index in [-0.39, 0.29) is 5.56 Å². The summed E-state index contributed by atoms with van der Waals surface area (Å²) in [6.07, 6.45) is 0. The molecular weight excluding hydrogens is 384 g/mol. The Balaban J connectivity index is 2.07. The molecule has 0 amide bonds. The van der Waals surface area contributed by atoms with Crippen molar-refractivity contribution in [2.24, 2.45) is 0 Å². The van der Waals surface area contributed by atoms with Gasteiger partial charge in [0.15, 0.2) is 0 Å². The van der Waals surface area contributed by atoms with Gasteiger partial charge in [0.05, 0.1) is 5.39 Å². The third kappa shape index (κ3) is 3.25. The number of carboxylic acids is 1. The Labute approximate surface area is 171 Å². The van der Waals surface area contributed by atoms with Crippen molar-refractivity contribution in [2.45, 2.75) is 26.3 Å². The first-order chi connectivity index (χ1) is 13.8. The summed E-state index contributed by atoms with van der Waals surface area (Å²) >= 11 is 1.43. The van der Waals surface area contributed by atoms with Crippen LogP contribution in [0.3, 0.4) is 0 Å². The minimum Gasteiger partial charge on any atom is -0.480 e. The summed E-state index contributed by atoms with van der Waals surface area (Å²) < 4.78 is 1.30. The molecule has 4 aromatic rings. The number of nitrogens with zero attached hydrogens (tertiary/aromatic N) is 2. The molecule has 0 unspecified atom stereocenters. The molecule has 0 saturated carbocycles. The van der Waals surface area contributed by atoms with E-state index in [1.54, 1.807) is 6.07 Å². The molecule has 0 radical (unpaired) electrons. The number of aryl methyl sites for hydroxylation is 1. The number of thiophene rings is 1. The normalized spacial score (nSPS) is 11.7. The fraction of sp³-hybridized carbons (Fsp3) is 0.174. The number of aliphatic carboxylic acids is 1. The van der Waals surface area contributed by atoms with Gasteiger partial charge in [-0.15, -0.1) is 11.3 Å². The van der Waals surface area contributed by atoms with Crippen molar-refractivity contribution in [3.63, 3.8) is 0 Å². The van der Waals surface area contributed by atoms with Crippen molar-refractivity contribution < 1.29 is 9.90 Å². The summed E-state index contributed by atoms with van der Waals surface area (Å²) in [6, 6.07) is 19.2. The van der Waals surface area contributed by atoms with Crippen LogP contribution >= 0.6 is 11.3 Å². The average molecular weight is 404 g/mol. The molecule has 0 aliphatic rings. The first-order valence-corrected chi connectivity index (χ1v) is 10.0. The number of hydrogen-bond donors (Lipinski definition) is 1. The van der Waals surface area contributed by atoms with Crippen molar-refractivity contribution >= 4 is 27.5 Å². The number of rotatable bonds is 4. The number of benzene rings is 2. The van der Waals surface area contributed by atoms with E-state index in [0.717, 1.165) is 16.0 Å². The van der Waals surface area contributed by atoms with Gasteiger partial charge in [-0.05, 0) is 38.5 Å². The van der Waals surface area contributed by atoms with Gasteiger partial charge >= 0.3 is 5.97 Å². The van der Waals surface area contributed by atoms with E-state index in [9.17, 15) is 14.7 Å². The van der Waals surface area contributed by atoms with Crippen molar-refractivity contribution in [1.29, 1.82) is 0 Å². The summed E-state index contributed by atoms with van der Waals surface area (Å²) in [4.78, 5) is 31.8. The fourth-order valence-electron chi connectivity index (χ4n) is 3.32. The largest absolute Gasteiger partial charge is 0.480 e. The predicted octanol–water partition coefficient (Wildman–Crippen LogP) is 4.92. The topological polar surface area (TPSA) is 72.2 Å². The smallest absolute Gasteiger partial charge is 0.329 e. The number of hydrogen-bond acceptors (Lipinski definition) is 4. The molecule has 0 spiro atoms. The van der Waals surface area contributed by atoms with Crippen molar-refractivity contribution in [1.82, 2.24) is 9.55 Å². The van der Waals surface area contributed by atoms with Gasteiger partial charge in [0.2, 0.25) is 0 Å². The first-order valence-electron chi connectivity index (χ1n) is 9.22. The van der Waals surface area contributed by atoms with E-state index >= 15 is 0 Å². The Hall–Kier alpha value is -3.25. The molecule has 4 rings (SSSR count). The van der Waals surface area contributed by atoms with E-state index < -0.39 is 11.5 Å². The molecule has 2 aromatic carbocycles. The van der Waals surface area contributed by atoms with Gasteiger partial charge < -0.3 is 5.11 Å². The van der Waals surface area contributed by atoms with E-state index in [1.165, 1.54) is 29.8 Å². The van der Waals surface area contributed by atoms with Crippen molar-refractivity contribution in [3.05, 3.63) is 76.6 Å². The molecule has 2 heterocycles. The summed E-state index contributed by atoms with van der Waals surface area (Å²) in [7, 11) is 0. The minimum absolute atomic E-state index is 0.350. The minimum atomic E-state index is -1.45. The van der Waals surface area contributed by atoms with E-state index in [4.69, 9.17) is 4.98 Å².